The number of ether oxygens (including phenoxy) is 4. The van der Waals surface area contributed by atoms with Crippen LogP contribution in [0.15, 0.2) is 120 Å². The number of anilines is 1. The minimum Gasteiger partial charge on any atom is -0.497 e. The molecule has 0 aliphatic carbocycles. The highest BCUT2D eigenvalue weighted by atomic mass is 31.2. The Labute approximate surface area is 293 Å². The zero-order valence-corrected chi connectivity index (χ0v) is 28.3. The summed E-state index contributed by atoms with van der Waals surface area (Å²) in [7, 11) is 1.20. The van der Waals surface area contributed by atoms with Gasteiger partial charge in [-0.25, -0.2) is 4.79 Å². The first kappa shape index (κ1) is 34.1. The second-order valence-electron chi connectivity index (χ2n) is 11.6. The fourth-order valence-corrected chi connectivity index (χ4v) is 7.50. The summed E-state index contributed by atoms with van der Waals surface area (Å²) in [6.07, 6.45) is -1.80. The van der Waals surface area contributed by atoms with Crippen molar-refractivity contribution in [2.24, 2.45) is 0 Å². The maximum Gasteiger partial charge on any atom is 0.398 e. The van der Waals surface area contributed by atoms with Gasteiger partial charge in [0.15, 0.2) is 6.23 Å². The third-order valence-corrected chi connectivity index (χ3v) is 9.88. The van der Waals surface area contributed by atoms with Crippen LogP contribution in [0.2, 0.25) is 0 Å². The first-order valence-corrected chi connectivity index (χ1v) is 16.9. The maximum absolute atomic E-state index is 13.0. The molecule has 1 unspecified atom stereocenters. The third-order valence-electron chi connectivity index (χ3n) is 8.69. The molecule has 0 radical (unpaired) electrons. The summed E-state index contributed by atoms with van der Waals surface area (Å²) in [5.74, 6) is 1.73. The largest absolute Gasteiger partial charge is 0.497 e. The topological polar surface area (TPSA) is 169 Å². The van der Waals surface area contributed by atoms with E-state index in [0.29, 0.717) is 17.2 Å². The van der Waals surface area contributed by atoms with E-state index in [-0.39, 0.29) is 18.1 Å². The monoisotopic (exact) mass is 712 g/mol. The van der Waals surface area contributed by atoms with Crippen LogP contribution in [-0.2, 0) is 24.1 Å². The van der Waals surface area contributed by atoms with Gasteiger partial charge in [-0.2, -0.15) is 4.98 Å². The van der Waals surface area contributed by atoms with Gasteiger partial charge in [-0.15, -0.1) is 0 Å². The summed E-state index contributed by atoms with van der Waals surface area (Å²) in [6.45, 7) is -0.0220. The van der Waals surface area contributed by atoms with Gasteiger partial charge in [0.1, 0.15) is 47.0 Å². The Morgan fingerprint density at radius 3 is 1.96 bits per heavy atom. The number of aromatic nitrogens is 2. The molecular weight excluding hydrogens is 679 g/mol. The summed E-state index contributed by atoms with van der Waals surface area (Å²) < 4.78 is 44.4. The number of nitro benzene ring substituents is 1. The molecule has 5 atom stereocenters. The highest BCUT2D eigenvalue weighted by Crippen LogP contribution is 2.56. The molecule has 0 bridgehead atoms. The second-order valence-corrected chi connectivity index (χ2v) is 12.7. The highest BCUT2D eigenvalue weighted by Gasteiger charge is 2.56. The van der Waals surface area contributed by atoms with E-state index < -0.39 is 49.4 Å². The van der Waals surface area contributed by atoms with Crippen LogP contribution in [0.3, 0.4) is 0 Å². The quantitative estimate of drug-likeness (QED) is 0.0721. The van der Waals surface area contributed by atoms with E-state index in [4.69, 9.17) is 38.3 Å². The summed E-state index contributed by atoms with van der Waals surface area (Å²) in [5, 5.41) is 11.1. The molecule has 262 valence electrons. The molecule has 2 N–H and O–H groups in total. The molecule has 0 amide bonds. The average molecular weight is 713 g/mol. The summed E-state index contributed by atoms with van der Waals surface area (Å²) >= 11 is 0. The second kappa shape index (κ2) is 14.5. The lowest BCUT2D eigenvalue weighted by Gasteiger charge is -2.37. The van der Waals surface area contributed by atoms with Crippen LogP contribution in [0.5, 0.6) is 17.2 Å². The lowest BCUT2D eigenvalue weighted by Crippen LogP contribution is -2.39. The predicted octanol–water partition coefficient (Wildman–Crippen LogP) is 5.75. The van der Waals surface area contributed by atoms with E-state index in [0.717, 1.165) is 16.7 Å². The molecule has 5 aromatic rings. The first-order chi connectivity index (χ1) is 24.8. The van der Waals surface area contributed by atoms with Crippen LogP contribution >= 0.6 is 8.60 Å². The van der Waals surface area contributed by atoms with Crippen molar-refractivity contribution in [3.05, 3.63) is 153 Å². The van der Waals surface area contributed by atoms with Gasteiger partial charge in [0.2, 0.25) is 0 Å². The highest BCUT2D eigenvalue weighted by molar-refractivity contribution is 7.42. The minimum absolute atomic E-state index is 0.0220. The summed E-state index contributed by atoms with van der Waals surface area (Å²) in [5.41, 5.74) is 6.38. The van der Waals surface area contributed by atoms with Gasteiger partial charge < -0.3 is 29.2 Å². The summed E-state index contributed by atoms with van der Waals surface area (Å²) in [4.78, 5) is 27.5. The Balaban J connectivity index is 1.25. The van der Waals surface area contributed by atoms with Crippen molar-refractivity contribution in [1.82, 2.24) is 9.55 Å². The number of nitrogens with two attached hydrogens (primary N) is 1. The molecule has 7 rings (SSSR count). The molecule has 1 aromatic heterocycles. The first-order valence-electron chi connectivity index (χ1n) is 15.8. The molecule has 2 saturated heterocycles. The van der Waals surface area contributed by atoms with Gasteiger partial charge in [-0.05, 0) is 59.2 Å². The Bertz CT molecular complexity index is 1980. The number of nitrogen functional groups attached to an aromatic ring is 1. The SMILES string of the molecule is COc1ccc(C(OC[C@H]2O[C@@H](n3ccc(N)nc3=O)[C@@H]3OP(Oc4ccc([N+](=O)[O-])cc4)O[C@@H]32)(c2ccccc2)c2ccc(OC)cc2)cc1. The van der Waals surface area contributed by atoms with Crippen molar-refractivity contribution < 1.29 is 37.4 Å². The Hall–Kier alpha value is -5.37. The normalized spacial score (nSPS) is 21.2. The molecule has 0 spiro atoms. The van der Waals surface area contributed by atoms with E-state index in [2.05, 4.69) is 4.98 Å². The van der Waals surface area contributed by atoms with Crippen molar-refractivity contribution in [3.8, 4) is 17.2 Å². The van der Waals surface area contributed by atoms with Gasteiger partial charge in [0.05, 0.1) is 25.7 Å². The standard InChI is InChI=1S/C36H33N4O10P/c1-44-27-14-8-24(9-15-27)36(23-6-4-3-5-7-23,25-10-16-28(45-2)17-11-25)46-22-30-32-33(34(47-30)39-21-20-31(37)38-35(39)41)50-51(49-32)48-29-18-12-26(13-19-29)40(42)43/h3-21,30,32-34H,22H2,1-2H3,(H2,37,38,41)/t30-,32-,33-,34-,51?/m1/s1. The van der Waals surface area contributed by atoms with E-state index in [1.807, 2.05) is 78.9 Å². The molecule has 2 aliphatic rings. The van der Waals surface area contributed by atoms with Gasteiger partial charge in [0, 0.05) is 18.3 Å². The number of nitrogens with zero attached hydrogens (tertiary/aromatic N) is 3. The lowest BCUT2D eigenvalue weighted by atomic mass is 9.80. The average Bonchev–Trinajstić information content (AvgIpc) is 3.72. The minimum atomic E-state index is -2.01. The number of benzene rings is 4. The molecular formula is C36H33N4O10P. The van der Waals surface area contributed by atoms with E-state index in [9.17, 15) is 14.9 Å². The lowest BCUT2D eigenvalue weighted by molar-refractivity contribution is -0.384. The number of hydrogen-bond donors (Lipinski definition) is 1. The fraction of sp³-hybridized carbons (Fsp3) is 0.222. The molecule has 3 heterocycles. The van der Waals surface area contributed by atoms with Crippen molar-refractivity contribution in [3.63, 3.8) is 0 Å². The van der Waals surface area contributed by atoms with Crippen molar-refractivity contribution in [2.45, 2.75) is 30.1 Å². The van der Waals surface area contributed by atoms with Gasteiger partial charge in [-0.1, -0.05) is 54.6 Å². The summed E-state index contributed by atoms with van der Waals surface area (Å²) in [6, 6.07) is 32.1. The number of hydrogen-bond acceptors (Lipinski definition) is 12. The fourth-order valence-electron chi connectivity index (χ4n) is 6.19. The number of fused-ring (bicyclic) bond motifs is 1. The number of rotatable bonds is 12. The van der Waals surface area contributed by atoms with Crippen LogP contribution < -0.4 is 25.4 Å². The van der Waals surface area contributed by atoms with Crippen LogP contribution in [0, 0.1) is 10.1 Å². The molecule has 51 heavy (non-hydrogen) atoms. The van der Waals surface area contributed by atoms with Crippen LogP contribution in [-0.4, -0.2) is 53.6 Å². The Morgan fingerprint density at radius 1 is 0.824 bits per heavy atom. The molecule has 15 heteroatoms. The number of nitro groups is 1. The van der Waals surface area contributed by atoms with E-state index >= 15 is 0 Å². The Morgan fingerprint density at radius 2 is 1.39 bits per heavy atom. The number of non-ortho nitro benzene ring substituents is 1. The molecule has 14 nitrogen and oxygen atoms in total. The van der Waals surface area contributed by atoms with Crippen molar-refractivity contribution >= 4 is 20.1 Å². The van der Waals surface area contributed by atoms with Crippen molar-refractivity contribution in [1.29, 1.82) is 0 Å². The zero-order chi connectivity index (χ0) is 35.5. The van der Waals surface area contributed by atoms with Crippen LogP contribution in [0.1, 0.15) is 22.9 Å². The van der Waals surface area contributed by atoms with Gasteiger partial charge in [0.25, 0.3) is 5.69 Å². The molecule has 0 saturated carbocycles. The smallest absolute Gasteiger partial charge is 0.398 e. The van der Waals surface area contributed by atoms with Crippen LogP contribution in [0.4, 0.5) is 11.5 Å². The van der Waals surface area contributed by atoms with Crippen molar-refractivity contribution in [2.75, 3.05) is 26.6 Å². The molecule has 2 fully saturated rings. The number of methoxy groups -OCH3 is 2. The zero-order valence-electron chi connectivity index (χ0n) is 27.4. The van der Waals surface area contributed by atoms with Crippen LogP contribution in [0.25, 0.3) is 0 Å². The maximum atomic E-state index is 13.0. The van der Waals surface area contributed by atoms with E-state index in [1.165, 1.54) is 41.1 Å². The predicted molar refractivity (Wildman–Crippen MR) is 185 cm³/mol. The van der Waals surface area contributed by atoms with E-state index in [1.54, 1.807) is 14.2 Å². The van der Waals surface area contributed by atoms with Gasteiger partial charge in [-0.3, -0.25) is 23.7 Å². The molecule has 4 aromatic carbocycles. The molecule has 2 aliphatic heterocycles. The Kier molecular flexibility index (Phi) is 9.67. The third kappa shape index (κ3) is 6.75. The van der Waals surface area contributed by atoms with Gasteiger partial charge >= 0.3 is 14.3 Å².